The third-order valence-corrected chi connectivity index (χ3v) is 2.92. The third-order valence-electron chi connectivity index (χ3n) is 2.92. The van der Waals surface area contributed by atoms with E-state index >= 15 is 0 Å². The second kappa shape index (κ2) is 6.85. The maximum Gasteiger partial charge on any atom is 0.234 e. The lowest BCUT2D eigenvalue weighted by atomic mass is 9.95. The molecule has 1 aliphatic carbocycles. The van der Waals surface area contributed by atoms with Crippen molar-refractivity contribution in [2.75, 3.05) is 6.54 Å². The van der Waals surface area contributed by atoms with Gasteiger partial charge in [0.25, 0.3) is 0 Å². The van der Waals surface area contributed by atoms with Crippen LogP contribution >= 0.6 is 0 Å². The van der Waals surface area contributed by atoms with E-state index in [0.717, 1.165) is 12.3 Å². The number of aliphatic imine (C=N–C) groups is 1. The molecule has 0 unspecified atom stereocenters. The molecule has 0 aromatic heterocycles. The van der Waals surface area contributed by atoms with Crippen LogP contribution in [0.2, 0.25) is 0 Å². The molecule has 1 fully saturated rings. The molecule has 74 valence electrons. The number of rotatable bonds is 4. The zero-order valence-electron chi connectivity index (χ0n) is 8.30. The van der Waals surface area contributed by atoms with E-state index in [4.69, 9.17) is 0 Å². The summed E-state index contributed by atoms with van der Waals surface area (Å²) in [5.41, 5.74) is 0. The lowest BCUT2D eigenvalue weighted by Crippen LogP contribution is -1.99. The molecule has 1 aliphatic rings. The molecule has 0 heterocycles. The second-order valence-corrected chi connectivity index (χ2v) is 3.97. The molecule has 1 saturated carbocycles. The Kier molecular flexibility index (Phi) is 5.51. The maximum absolute atomic E-state index is 9.82. The number of isocyanates is 1. The molecule has 0 spiro atoms. The summed E-state index contributed by atoms with van der Waals surface area (Å²) in [6, 6.07) is 0. The van der Waals surface area contributed by atoms with E-state index < -0.39 is 0 Å². The van der Waals surface area contributed by atoms with Crippen molar-refractivity contribution in [3.8, 4) is 0 Å². The highest BCUT2D eigenvalue weighted by Crippen LogP contribution is 2.26. The molecule has 2 heteroatoms. The number of nitrogens with zero attached hydrogens (tertiary/aromatic N) is 1. The van der Waals surface area contributed by atoms with Crippen LogP contribution in [0.4, 0.5) is 0 Å². The molecule has 0 atom stereocenters. The van der Waals surface area contributed by atoms with Crippen molar-refractivity contribution in [1.82, 2.24) is 0 Å². The van der Waals surface area contributed by atoms with Crippen molar-refractivity contribution in [1.29, 1.82) is 0 Å². The standard InChI is InChI=1S/C11H19NO/c13-10-12-9-5-8-11-6-3-1-2-4-7-11/h11H,1-9H2. The largest absolute Gasteiger partial charge is 0.234 e. The highest BCUT2D eigenvalue weighted by Gasteiger charge is 2.10. The second-order valence-electron chi connectivity index (χ2n) is 3.97. The van der Waals surface area contributed by atoms with Gasteiger partial charge in [-0.25, -0.2) is 9.79 Å². The van der Waals surface area contributed by atoms with Crippen molar-refractivity contribution in [3.63, 3.8) is 0 Å². The summed E-state index contributed by atoms with van der Waals surface area (Å²) in [4.78, 5) is 13.4. The van der Waals surface area contributed by atoms with E-state index in [1.54, 1.807) is 6.08 Å². The van der Waals surface area contributed by atoms with Gasteiger partial charge in [0.05, 0.1) is 6.54 Å². The van der Waals surface area contributed by atoms with Crippen LogP contribution in [-0.2, 0) is 4.79 Å². The minimum Gasteiger partial charge on any atom is -0.211 e. The Morgan fingerprint density at radius 2 is 1.85 bits per heavy atom. The first-order valence-electron chi connectivity index (χ1n) is 5.47. The first-order valence-corrected chi connectivity index (χ1v) is 5.47. The summed E-state index contributed by atoms with van der Waals surface area (Å²) in [5, 5.41) is 0. The van der Waals surface area contributed by atoms with Gasteiger partial charge in [0.15, 0.2) is 0 Å². The molecular weight excluding hydrogens is 162 g/mol. The molecule has 0 saturated heterocycles. The molecule has 0 aliphatic heterocycles. The summed E-state index contributed by atoms with van der Waals surface area (Å²) in [6.45, 7) is 0.681. The minimum atomic E-state index is 0.681. The molecule has 0 aromatic carbocycles. The van der Waals surface area contributed by atoms with E-state index in [1.165, 1.54) is 44.9 Å². The third kappa shape index (κ3) is 4.84. The highest BCUT2D eigenvalue weighted by molar-refractivity contribution is 5.32. The average molecular weight is 181 g/mol. The van der Waals surface area contributed by atoms with Gasteiger partial charge in [0.1, 0.15) is 0 Å². The summed E-state index contributed by atoms with van der Waals surface area (Å²) in [6.07, 6.45) is 12.4. The predicted octanol–water partition coefficient (Wildman–Crippen LogP) is 3.07. The van der Waals surface area contributed by atoms with Crippen molar-refractivity contribution in [3.05, 3.63) is 0 Å². The quantitative estimate of drug-likeness (QED) is 0.283. The Hall–Kier alpha value is -0.620. The number of carbonyl (C=O) groups excluding carboxylic acids is 1. The van der Waals surface area contributed by atoms with E-state index in [2.05, 4.69) is 4.99 Å². The van der Waals surface area contributed by atoms with Gasteiger partial charge in [-0.15, -0.1) is 0 Å². The van der Waals surface area contributed by atoms with E-state index in [9.17, 15) is 4.79 Å². The Labute approximate surface area is 80.4 Å². The van der Waals surface area contributed by atoms with Crippen LogP contribution in [0.25, 0.3) is 0 Å². The molecule has 13 heavy (non-hydrogen) atoms. The first-order chi connectivity index (χ1) is 6.43. The SMILES string of the molecule is O=C=NCCCC1CCCCCC1. The van der Waals surface area contributed by atoms with Crippen LogP contribution < -0.4 is 0 Å². The topological polar surface area (TPSA) is 29.4 Å². The predicted molar refractivity (Wildman–Crippen MR) is 53.4 cm³/mol. The lowest BCUT2D eigenvalue weighted by Gasteiger charge is -2.11. The smallest absolute Gasteiger partial charge is 0.211 e. The summed E-state index contributed by atoms with van der Waals surface area (Å²) < 4.78 is 0. The van der Waals surface area contributed by atoms with Gasteiger partial charge in [0.2, 0.25) is 6.08 Å². The fourth-order valence-electron chi connectivity index (χ4n) is 2.16. The van der Waals surface area contributed by atoms with Crippen molar-refractivity contribution < 1.29 is 4.79 Å². The lowest BCUT2D eigenvalue weighted by molar-refractivity contribution is 0.418. The van der Waals surface area contributed by atoms with Crippen LogP contribution in [0.3, 0.4) is 0 Å². The highest BCUT2D eigenvalue weighted by atomic mass is 16.1. The monoisotopic (exact) mass is 181 g/mol. The Balaban J connectivity index is 2.08. The molecule has 0 bridgehead atoms. The molecular formula is C11H19NO. The zero-order valence-corrected chi connectivity index (χ0v) is 8.30. The van der Waals surface area contributed by atoms with Gasteiger partial charge in [-0.05, 0) is 18.8 Å². The molecule has 0 amide bonds. The van der Waals surface area contributed by atoms with Gasteiger partial charge in [-0.1, -0.05) is 38.5 Å². The van der Waals surface area contributed by atoms with Crippen LogP contribution in [0.1, 0.15) is 51.4 Å². The minimum absolute atomic E-state index is 0.681. The normalized spacial score (nSPS) is 19.1. The van der Waals surface area contributed by atoms with Crippen molar-refractivity contribution >= 4 is 6.08 Å². The van der Waals surface area contributed by atoms with Gasteiger partial charge in [-0.2, -0.15) is 0 Å². The Morgan fingerprint density at radius 1 is 1.15 bits per heavy atom. The van der Waals surface area contributed by atoms with Gasteiger partial charge in [-0.3, -0.25) is 0 Å². The first kappa shape index (κ1) is 10.5. The van der Waals surface area contributed by atoms with Crippen LogP contribution in [0, 0.1) is 5.92 Å². The fourth-order valence-corrected chi connectivity index (χ4v) is 2.16. The molecule has 0 N–H and O–H groups in total. The zero-order chi connectivity index (χ0) is 9.36. The van der Waals surface area contributed by atoms with Crippen LogP contribution in [0.5, 0.6) is 0 Å². The molecule has 2 nitrogen and oxygen atoms in total. The Morgan fingerprint density at radius 3 is 2.46 bits per heavy atom. The van der Waals surface area contributed by atoms with Crippen molar-refractivity contribution in [2.24, 2.45) is 10.9 Å². The van der Waals surface area contributed by atoms with E-state index in [1.807, 2.05) is 0 Å². The molecule has 0 aromatic rings. The van der Waals surface area contributed by atoms with Crippen molar-refractivity contribution in [2.45, 2.75) is 51.4 Å². The van der Waals surface area contributed by atoms with Gasteiger partial charge in [0, 0.05) is 0 Å². The van der Waals surface area contributed by atoms with Gasteiger partial charge >= 0.3 is 0 Å². The number of hydrogen-bond acceptors (Lipinski definition) is 2. The summed E-state index contributed by atoms with van der Waals surface area (Å²) >= 11 is 0. The van der Waals surface area contributed by atoms with Gasteiger partial charge < -0.3 is 0 Å². The molecule has 0 radical (unpaired) electrons. The van der Waals surface area contributed by atoms with E-state index in [0.29, 0.717) is 6.54 Å². The Bertz CT molecular complexity index is 165. The number of hydrogen-bond donors (Lipinski definition) is 0. The maximum atomic E-state index is 9.82. The van der Waals surface area contributed by atoms with Crippen LogP contribution in [0.15, 0.2) is 4.99 Å². The van der Waals surface area contributed by atoms with E-state index in [-0.39, 0.29) is 0 Å². The molecule has 1 rings (SSSR count). The summed E-state index contributed by atoms with van der Waals surface area (Å²) in [7, 11) is 0. The summed E-state index contributed by atoms with van der Waals surface area (Å²) in [5.74, 6) is 0.907. The fraction of sp³-hybridized carbons (Fsp3) is 0.909. The van der Waals surface area contributed by atoms with Crippen LogP contribution in [-0.4, -0.2) is 12.6 Å². The average Bonchev–Trinajstić information content (AvgIpc) is 2.41.